The Kier molecular flexibility index (Phi) is 52.5. The molecule has 0 aliphatic carbocycles. The van der Waals surface area contributed by atoms with Crippen LogP contribution in [-0.4, -0.2) is 308 Å². The monoisotopic (exact) mass is 1300 g/mol. The van der Waals surface area contributed by atoms with E-state index in [2.05, 4.69) is 49.1 Å². The molecule has 90 heavy (non-hydrogen) atoms. The zero-order valence-electron chi connectivity index (χ0n) is 53.5. The molecule has 0 saturated carbocycles. The van der Waals surface area contributed by atoms with Crippen molar-refractivity contribution in [3.63, 3.8) is 0 Å². The molecule has 4 heterocycles. The van der Waals surface area contributed by atoms with Gasteiger partial charge in [-0.3, -0.25) is 9.13 Å². The van der Waals surface area contributed by atoms with Crippen LogP contribution in [0, 0.1) is 11.8 Å². The van der Waals surface area contributed by atoms with Crippen LogP contribution >= 0.6 is 0 Å². The molecule has 0 bridgehead atoms. The molecule has 524 valence electrons. The first-order valence-corrected chi connectivity index (χ1v) is 30.7. The maximum atomic E-state index is 12.3. The van der Waals surface area contributed by atoms with Crippen molar-refractivity contribution in [2.75, 3.05) is 205 Å². The summed E-state index contributed by atoms with van der Waals surface area (Å²) in [7, 11) is 2.96. The van der Waals surface area contributed by atoms with Crippen LogP contribution in [-0.2, 0) is 61.6 Å². The van der Waals surface area contributed by atoms with Gasteiger partial charge in [0.25, 0.3) is 0 Å². The van der Waals surface area contributed by atoms with E-state index < -0.39 is 61.4 Å². The molecule has 2 aliphatic rings. The molecule has 2 fully saturated rings. The second-order valence-electron chi connectivity index (χ2n) is 19.6. The van der Waals surface area contributed by atoms with Crippen LogP contribution < -0.4 is 60.2 Å². The summed E-state index contributed by atoms with van der Waals surface area (Å²) in [5.41, 5.74) is 21.5. The maximum Gasteiger partial charge on any atom is 0.407 e. The van der Waals surface area contributed by atoms with E-state index in [0.717, 1.165) is 19.6 Å². The predicted octanol–water partition coefficient (Wildman–Crippen LogP) is -3.49. The zero-order valence-corrected chi connectivity index (χ0v) is 53.5. The third kappa shape index (κ3) is 38.2. The summed E-state index contributed by atoms with van der Waals surface area (Å²) in [6.45, 7) is 16.4. The Morgan fingerprint density at radius 3 is 1.38 bits per heavy atom. The third-order valence-corrected chi connectivity index (χ3v) is 12.8. The Hall–Kier alpha value is -4.87. The molecule has 34 nitrogen and oxygen atoms in total. The number of nitrogens with two attached hydrogens (primary N) is 4. The lowest BCUT2D eigenvalue weighted by Gasteiger charge is -2.44. The summed E-state index contributed by atoms with van der Waals surface area (Å²) in [6, 6.07) is 3.47. The molecular formula is C56H110N14O20. The highest BCUT2D eigenvalue weighted by Crippen LogP contribution is 2.32. The average Bonchev–Trinajstić information content (AvgIpc) is 1.28. The number of carbonyl (C=O) groups is 4. The van der Waals surface area contributed by atoms with Gasteiger partial charge < -0.3 is 137 Å². The number of ether oxygens (including phenoxy) is 13. The van der Waals surface area contributed by atoms with Crippen molar-refractivity contribution in [1.29, 1.82) is 0 Å². The summed E-state index contributed by atoms with van der Waals surface area (Å²) in [6.07, 6.45) is 2.84. The van der Waals surface area contributed by atoms with Gasteiger partial charge in [0.2, 0.25) is 0 Å². The van der Waals surface area contributed by atoms with E-state index in [1.165, 1.54) is 36.1 Å². The van der Waals surface area contributed by atoms with E-state index in [1.54, 1.807) is 36.9 Å². The van der Waals surface area contributed by atoms with Gasteiger partial charge in [-0.15, -0.1) is 0 Å². The lowest BCUT2D eigenvalue weighted by molar-refractivity contribution is -0.299. The standard InChI is InChI=1S/C29H61N9O11.C14H28O8.C8H7N3O.C5H14N2/c1-22-23(21-48-29(41)38-14-11-35-8-5-32)49-26(42-2)25(45-19-20-47-28(40)37-13-10-34-7-4-31)24(22)44-17-15-43-16-18-46-27(39)36-12-9-33-6-3-30;1-10-11(9-17)22-14(18-2)13(20-6-4-16)12(10)21-8-7-19-5-3-15;12-8(10-4-1-2-5-10)11-6-3-9-7-11;1-2-4-7-5-3-6/h22-26,33-35H,3-21,30-32H2,1-2H3,(H,36,39)(H,37,40)(H,38,41);10-17H,3-9H2,1-2H3;1-7H;7H,2-6H2,1H3. The molecule has 10 atom stereocenters. The number of aliphatic hydroxyl groups is 3. The molecule has 18 N–H and O–H groups in total. The van der Waals surface area contributed by atoms with Crippen molar-refractivity contribution >= 4 is 24.3 Å². The number of methoxy groups -OCH3 is 2. The first-order chi connectivity index (χ1) is 43.8. The minimum atomic E-state index is -0.876. The highest BCUT2D eigenvalue weighted by Gasteiger charge is 2.47. The normalized spacial score (nSPS) is 21.1. The quantitative estimate of drug-likeness (QED) is 0.0226. The molecule has 0 spiro atoms. The fourth-order valence-corrected chi connectivity index (χ4v) is 8.28. The summed E-state index contributed by atoms with van der Waals surface area (Å²) in [5, 5.41) is 47.3. The molecule has 0 radical (unpaired) electrons. The topological polar surface area (TPSA) is 460 Å². The highest BCUT2D eigenvalue weighted by molar-refractivity contribution is 5.78. The number of nitrogens with one attached hydrogen (secondary N) is 7. The number of amides is 3. The second-order valence-corrected chi connectivity index (χ2v) is 19.6. The molecule has 2 aliphatic heterocycles. The van der Waals surface area contributed by atoms with Crippen molar-refractivity contribution in [3.8, 4) is 0 Å². The largest absolute Gasteiger partial charge is 0.447 e. The van der Waals surface area contributed by atoms with Gasteiger partial charge in [0.1, 0.15) is 44.5 Å². The Labute approximate surface area is 529 Å². The average molecular weight is 1300 g/mol. The number of aliphatic hydroxyl groups excluding tert-OH is 3. The molecule has 2 saturated heterocycles. The van der Waals surface area contributed by atoms with E-state index in [0.29, 0.717) is 91.8 Å². The first-order valence-electron chi connectivity index (χ1n) is 30.7. The van der Waals surface area contributed by atoms with Crippen LogP contribution in [0.2, 0.25) is 0 Å². The van der Waals surface area contributed by atoms with Crippen LogP contribution in [0.15, 0.2) is 43.2 Å². The first kappa shape index (κ1) is 83.1. The summed E-state index contributed by atoms with van der Waals surface area (Å²) in [4.78, 5) is 51.2. The van der Waals surface area contributed by atoms with Gasteiger partial charge in [-0.25, -0.2) is 24.2 Å². The fraction of sp³-hybridized carbons (Fsp3) is 0.804. The molecule has 3 amide bonds. The fourth-order valence-electron chi connectivity index (χ4n) is 8.28. The highest BCUT2D eigenvalue weighted by atomic mass is 16.7. The van der Waals surface area contributed by atoms with Gasteiger partial charge in [0, 0.05) is 142 Å². The smallest absolute Gasteiger partial charge is 0.407 e. The number of nitrogens with zero attached hydrogens (tertiary/aromatic N) is 3. The van der Waals surface area contributed by atoms with Crippen LogP contribution in [0.3, 0.4) is 0 Å². The minimum absolute atomic E-state index is 0.0240. The molecule has 2 aromatic heterocycles. The van der Waals surface area contributed by atoms with Gasteiger partial charge >= 0.3 is 24.3 Å². The van der Waals surface area contributed by atoms with Gasteiger partial charge in [-0.2, -0.15) is 0 Å². The van der Waals surface area contributed by atoms with Gasteiger partial charge in [-0.05, 0) is 25.1 Å². The van der Waals surface area contributed by atoms with Gasteiger partial charge in [-0.1, -0.05) is 20.8 Å². The molecule has 0 aromatic carbocycles. The molecular weight excluding hydrogens is 1190 g/mol. The number of imidazole rings is 1. The van der Waals surface area contributed by atoms with Crippen LogP contribution in [0.4, 0.5) is 19.2 Å². The van der Waals surface area contributed by atoms with Crippen molar-refractivity contribution < 1.29 is 96.1 Å². The SMILES string of the molecule is CCCNCCN.COC1OC(CO)C(C)C(OCCOCCO)C1OCCO.COC1OC(COC(=O)NCCNCCN)C(C)C(OCCOCCOC(=O)NCCNCCN)C1OCCOC(=O)NCCNCCN.O=C(n1cccc1)n1ccnc1. The van der Waals surface area contributed by atoms with E-state index in [4.69, 9.17) is 94.7 Å². The predicted molar refractivity (Wildman–Crippen MR) is 330 cm³/mol. The van der Waals surface area contributed by atoms with Crippen molar-refractivity contribution in [2.45, 2.75) is 76.4 Å². The number of alkyl carbamates (subject to hydrolysis) is 3. The van der Waals surface area contributed by atoms with Crippen molar-refractivity contribution in [1.82, 2.24) is 51.3 Å². The number of hydrogen-bond donors (Lipinski definition) is 14. The Bertz CT molecular complexity index is 1940. The van der Waals surface area contributed by atoms with E-state index >= 15 is 0 Å². The number of hydrogen-bond acceptors (Lipinski definition) is 29. The Morgan fingerprint density at radius 1 is 0.500 bits per heavy atom. The van der Waals surface area contributed by atoms with E-state index in [9.17, 15) is 24.3 Å². The molecule has 2 aromatic rings. The molecule has 4 rings (SSSR count). The van der Waals surface area contributed by atoms with E-state index in [1.807, 2.05) is 13.8 Å². The van der Waals surface area contributed by atoms with Gasteiger partial charge in [0.05, 0.1) is 91.0 Å². The number of carbonyl (C=O) groups excluding carboxylic acids is 4. The second kappa shape index (κ2) is 56.8. The Morgan fingerprint density at radius 2 is 0.922 bits per heavy atom. The molecule has 34 heteroatoms. The van der Waals surface area contributed by atoms with Crippen LogP contribution in [0.25, 0.3) is 0 Å². The lowest BCUT2D eigenvalue weighted by atomic mass is 9.90. The van der Waals surface area contributed by atoms with Crippen molar-refractivity contribution in [2.24, 2.45) is 34.8 Å². The number of aromatic nitrogens is 3. The van der Waals surface area contributed by atoms with Crippen molar-refractivity contribution in [3.05, 3.63) is 43.2 Å². The van der Waals surface area contributed by atoms with E-state index in [-0.39, 0.29) is 103 Å². The molecule has 10 unspecified atom stereocenters. The summed E-state index contributed by atoms with van der Waals surface area (Å²) >= 11 is 0. The van der Waals surface area contributed by atoms with Gasteiger partial charge in [0.15, 0.2) is 12.6 Å². The van der Waals surface area contributed by atoms with Crippen LogP contribution in [0.5, 0.6) is 0 Å². The summed E-state index contributed by atoms with van der Waals surface area (Å²) in [5.74, 6) is -0.426. The summed E-state index contributed by atoms with van der Waals surface area (Å²) < 4.78 is 75.7. The number of rotatable bonds is 44. The van der Waals surface area contributed by atoms with Crippen LogP contribution in [0.1, 0.15) is 27.2 Å². The maximum absolute atomic E-state index is 12.3. The third-order valence-electron chi connectivity index (χ3n) is 12.8. The minimum Gasteiger partial charge on any atom is -0.447 e. The Balaban J connectivity index is 0.000000791. The lowest BCUT2D eigenvalue weighted by Crippen LogP contribution is -2.58. The zero-order chi connectivity index (χ0) is 66.2.